The van der Waals surface area contributed by atoms with Gasteiger partial charge in [0.05, 0.1) is 5.92 Å². The van der Waals surface area contributed by atoms with Gasteiger partial charge in [0.15, 0.2) is 0 Å². The maximum Gasteiger partial charge on any atom is 0.395 e. The smallest absolute Gasteiger partial charge is 0.395 e. The van der Waals surface area contributed by atoms with Gasteiger partial charge in [-0.1, -0.05) is 39.0 Å². The number of allylic oxidation sites excluding steroid dienone is 5. The van der Waals surface area contributed by atoms with E-state index in [0.717, 1.165) is 11.3 Å². The van der Waals surface area contributed by atoms with E-state index in [1.54, 1.807) is 35.5 Å². The van der Waals surface area contributed by atoms with Crippen LogP contribution < -0.4 is 16.9 Å². The zero-order valence-electron chi connectivity index (χ0n) is 15.6. The molecule has 0 bridgehead atoms. The predicted octanol–water partition coefficient (Wildman–Crippen LogP) is 3.73. The van der Waals surface area contributed by atoms with Crippen LogP contribution in [0, 0.1) is 11.3 Å². The third kappa shape index (κ3) is 8.80. The number of hydrazine groups is 1. The summed E-state index contributed by atoms with van der Waals surface area (Å²) in [5.41, 5.74) is 7.06. The first-order valence-corrected chi connectivity index (χ1v) is 8.47. The molecule has 1 atom stereocenters. The van der Waals surface area contributed by atoms with Gasteiger partial charge in [-0.05, 0) is 41.8 Å². The van der Waals surface area contributed by atoms with Gasteiger partial charge < -0.3 is 16.1 Å². The summed E-state index contributed by atoms with van der Waals surface area (Å²) in [6, 6.07) is 0. The van der Waals surface area contributed by atoms with Crippen molar-refractivity contribution in [2.75, 3.05) is 13.1 Å². The van der Waals surface area contributed by atoms with E-state index < -0.39 is 12.1 Å². The average molecular weight is 370 g/mol. The number of halogens is 3. The molecule has 0 fully saturated rings. The van der Waals surface area contributed by atoms with E-state index in [0.29, 0.717) is 13.1 Å². The molecule has 0 aromatic carbocycles. The Hall–Kier alpha value is -2.15. The number of hydrogen-bond donors (Lipinski definition) is 3. The monoisotopic (exact) mass is 370 g/mol. The van der Waals surface area contributed by atoms with E-state index in [-0.39, 0.29) is 11.8 Å². The summed E-state index contributed by atoms with van der Waals surface area (Å²) < 4.78 is 37.9. The third-order valence-corrected chi connectivity index (χ3v) is 3.58. The van der Waals surface area contributed by atoms with Crippen LogP contribution in [-0.2, 0) is 0 Å². The molecule has 0 amide bonds. The molecule has 0 aromatic heterocycles. The summed E-state index contributed by atoms with van der Waals surface area (Å²) in [7, 11) is 0. The zero-order chi connectivity index (χ0) is 19.8. The Morgan fingerprint density at radius 3 is 2.54 bits per heavy atom. The van der Waals surface area contributed by atoms with Crippen molar-refractivity contribution in [3.8, 4) is 0 Å². The Balaban J connectivity index is 2.59. The molecule has 0 saturated carbocycles. The Bertz CT molecular complexity index is 593. The second-order valence-corrected chi connectivity index (χ2v) is 7.43. The Morgan fingerprint density at radius 1 is 1.35 bits per heavy atom. The van der Waals surface area contributed by atoms with E-state index in [2.05, 4.69) is 26.1 Å². The maximum atomic E-state index is 12.6. The fraction of sp³-hybridized carbons (Fsp3) is 0.474. The Labute approximate surface area is 153 Å². The molecule has 5 N–H and O–H groups in total. The number of alkyl halides is 3. The summed E-state index contributed by atoms with van der Waals surface area (Å²) in [6.07, 6.45) is 8.53. The molecule has 146 valence electrons. The van der Waals surface area contributed by atoms with Gasteiger partial charge in [0.2, 0.25) is 0 Å². The van der Waals surface area contributed by atoms with Crippen LogP contribution >= 0.6 is 0 Å². The standard InChI is InChI=1S/C19H29F3N4/c1-18(2,3)14-26(24)12-4-5-17(10-11-23)25-13-15-6-8-16(9-7-15)19(20,21)22/h4-8,10-12,16,25H,9,13-14,23-24H2,1-3H3/b11-10+,12-4+,17-5+. The van der Waals surface area contributed by atoms with Crippen LogP contribution in [0.3, 0.4) is 0 Å². The van der Waals surface area contributed by atoms with Crippen molar-refractivity contribution >= 4 is 0 Å². The third-order valence-electron chi connectivity index (χ3n) is 3.58. The van der Waals surface area contributed by atoms with Gasteiger partial charge in [0.25, 0.3) is 0 Å². The Kier molecular flexibility index (Phi) is 8.02. The summed E-state index contributed by atoms with van der Waals surface area (Å²) in [4.78, 5) is 0. The quantitative estimate of drug-likeness (QED) is 0.363. The van der Waals surface area contributed by atoms with Crippen molar-refractivity contribution < 1.29 is 13.2 Å². The van der Waals surface area contributed by atoms with Gasteiger partial charge in [0, 0.05) is 25.0 Å². The normalized spacial score (nSPS) is 19.3. The lowest BCUT2D eigenvalue weighted by molar-refractivity contribution is -0.160. The van der Waals surface area contributed by atoms with Crippen LogP contribution in [0.2, 0.25) is 0 Å². The SMILES string of the molecule is CC(C)(C)CN(N)/C=C/C=C(\C=C\N)NCC1=CCC(C(F)(F)F)C=C1. The lowest BCUT2D eigenvalue weighted by Gasteiger charge is -2.24. The van der Waals surface area contributed by atoms with Gasteiger partial charge >= 0.3 is 6.18 Å². The molecular weight excluding hydrogens is 341 g/mol. The molecule has 1 aliphatic rings. The summed E-state index contributed by atoms with van der Waals surface area (Å²) >= 11 is 0. The number of nitrogens with zero attached hydrogens (tertiary/aromatic N) is 1. The highest BCUT2D eigenvalue weighted by Gasteiger charge is 2.37. The van der Waals surface area contributed by atoms with Crippen molar-refractivity contribution in [1.29, 1.82) is 0 Å². The highest BCUT2D eigenvalue weighted by Crippen LogP contribution is 2.32. The van der Waals surface area contributed by atoms with Gasteiger partial charge in [-0.2, -0.15) is 13.2 Å². The topological polar surface area (TPSA) is 67.3 Å². The van der Waals surface area contributed by atoms with E-state index in [9.17, 15) is 13.2 Å². The lowest BCUT2D eigenvalue weighted by Crippen LogP contribution is -2.33. The molecule has 0 radical (unpaired) electrons. The highest BCUT2D eigenvalue weighted by atomic mass is 19.4. The number of nitrogens with two attached hydrogens (primary N) is 2. The second-order valence-electron chi connectivity index (χ2n) is 7.43. The molecule has 26 heavy (non-hydrogen) atoms. The summed E-state index contributed by atoms with van der Waals surface area (Å²) in [5, 5.41) is 4.75. The highest BCUT2D eigenvalue weighted by molar-refractivity contribution is 5.29. The molecule has 1 unspecified atom stereocenters. The van der Waals surface area contributed by atoms with E-state index >= 15 is 0 Å². The summed E-state index contributed by atoms with van der Waals surface area (Å²) in [6.45, 7) is 7.39. The predicted molar refractivity (Wildman–Crippen MR) is 100 cm³/mol. The zero-order valence-corrected chi connectivity index (χ0v) is 15.6. The van der Waals surface area contributed by atoms with Crippen molar-refractivity contribution in [2.45, 2.75) is 33.4 Å². The van der Waals surface area contributed by atoms with Crippen molar-refractivity contribution in [3.63, 3.8) is 0 Å². The van der Waals surface area contributed by atoms with Crippen LogP contribution in [0.5, 0.6) is 0 Å². The molecule has 7 heteroatoms. The van der Waals surface area contributed by atoms with Gasteiger partial charge in [0.1, 0.15) is 0 Å². The lowest BCUT2D eigenvalue weighted by atomic mass is 9.96. The average Bonchev–Trinajstić information content (AvgIpc) is 2.50. The minimum atomic E-state index is -4.19. The molecule has 4 nitrogen and oxygen atoms in total. The fourth-order valence-corrected chi connectivity index (χ4v) is 2.38. The van der Waals surface area contributed by atoms with Crippen molar-refractivity contribution in [2.24, 2.45) is 22.9 Å². The minimum absolute atomic E-state index is 0.0301. The van der Waals surface area contributed by atoms with Gasteiger partial charge in [-0.3, -0.25) is 0 Å². The summed E-state index contributed by atoms with van der Waals surface area (Å²) in [5.74, 6) is 4.51. The molecule has 0 saturated heterocycles. The molecule has 0 heterocycles. The van der Waals surface area contributed by atoms with Gasteiger partial charge in [-0.15, -0.1) is 0 Å². The van der Waals surface area contributed by atoms with Crippen LogP contribution in [0.1, 0.15) is 27.2 Å². The first-order valence-electron chi connectivity index (χ1n) is 8.47. The number of nitrogens with one attached hydrogen (secondary N) is 1. The molecule has 0 aliphatic heterocycles. The Morgan fingerprint density at radius 2 is 2.04 bits per heavy atom. The van der Waals surface area contributed by atoms with Gasteiger partial charge in [-0.25, -0.2) is 5.84 Å². The molecular formula is C19H29F3N4. The largest absolute Gasteiger partial charge is 0.405 e. The first-order chi connectivity index (χ1) is 12.0. The molecule has 0 spiro atoms. The fourth-order valence-electron chi connectivity index (χ4n) is 2.38. The minimum Gasteiger partial charge on any atom is -0.405 e. The molecule has 0 aromatic rings. The molecule has 1 aliphatic carbocycles. The second kappa shape index (κ2) is 9.52. The number of rotatable bonds is 7. The molecule has 1 rings (SSSR count). The van der Waals surface area contributed by atoms with E-state index in [1.165, 1.54) is 18.4 Å². The number of hydrogen-bond acceptors (Lipinski definition) is 4. The van der Waals surface area contributed by atoms with Crippen LogP contribution in [0.15, 0.2) is 60.1 Å². The van der Waals surface area contributed by atoms with Crippen molar-refractivity contribution in [3.05, 3.63) is 60.1 Å². The van der Waals surface area contributed by atoms with E-state index in [4.69, 9.17) is 11.6 Å². The van der Waals surface area contributed by atoms with Crippen molar-refractivity contribution in [1.82, 2.24) is 10.3 Å². The van der Waals surface area contributed by atoms with Crippen LogP contribution in [0.25, 0.3) is 0 Å². The van der Waals surface area contributed by atoms with Crippen LogP contribution in [-0.4, -0.2) is 24.3 Å². The van der Waals surface area contributed by atoms with E-state index in [1.807, 2.05) is 0 Å². The maximum absolute atomic E-state index is 12.6. The first kappa shape index (κ1) is 21.9. The van der Waals surface area contributed by atoms with Crippen LogP contribution in [0.4, 0.5) is 13.2 Å².